The lowest BCUT2D eigenvalue weighted by molar-refractivity contribution is -0.130. The summed E-state index contributed by atoms with van der Waals surface area (Å²) in [5.74, 6) is 1.01. The van der Waals surface area contributed by atoms with Crippen LogP contribution >= 0.6 is 11.6 Å². The molecule has 0 aliphatic carbocycles. The normalized spacial score (nSPS) is 22.2. The molecule has 3 fully saturated rings. The monoisotopic (exact) mass is 654 g/mol. The topological polar surface area (TPSA) is 92.1 Å². The van der Waals surface area contributed by atoms with Crippen LogP contribution < -0.4 is 14.5 Å². The number of benzene rings is 2. The Morgan fingerprint density at radius 2 is 1.85 bits per heavy atom. The summed E-state index contributed by atoms with van der Waals surface area (Å²) in [6, 6.07) is 15.1. The number of fused-ring (bicyclic) bond motifs is 2. The van der Waals surface area contributed by atoms with E-state index in [0.29, 0.717) is 50.4 Å². The van der Waals surface area contributed by atoms with Gasteiger partial charge in [-0.3, -0.25) is 4.79 Å². The third-order valence-corrected chi connectivity index (χ3v) is 10.8. The minimum atomic E-state index is -0.254. The predicted octanol–water partition coefficient (Wildman–Crippen LogP) is 4.37. The highest BCUT2D eigenvalue weighted by atomic mass is 35.5. The van der Waals surface area contributed by atoms with Crippen molar-refractivity contribution in [1.29, 1.82) is 5.26 Å². The number of likely N-dealkylation sites (tertiary alicyclic amines) is 2. The van der Waals surface area contributed by atoms with Crippen molar-refractivity contribution < 1.29 is 9.53 Å². The van der Waals surface area contributed by atoms with E-state index in [1.165, 1.54) is 0 Å². The SMILES string of the molecule is C=C(C(=O)N1CCN(c2nc(OC[C@@H]3CCCN3C)nc3c2CCN(c2cccc4cccc(Cl)c24)C3)C[C@@H]1CC#N)C1CN(C)C1. The van der Waals surface area contributed by atoms with Crippen molar-refractivity contribution in [2.24, 2.45) is 5.92 Å². The molecule has 0 bridgehead atoms. The Labute approximate surface area is 282 Å². The molecule has 7 rings (SSSR count). The Morgan fingerprint density at radius 3 is 2.60 bits per heavy atom. The van der Waals surface area contributed by atoms with E-state index in [9.17, 15) is 10.1 Å². The lowest BCUT2D eigenvalue weighted by Gasteiger charge is -2.44. The zero-order valence-electron chi connectivity index (χ0n) is 27.4. The molecule has 5 heterocycles. The first-order chi connectivity index (χ1) is 22.8. The second kappa shape index (κ2) is 13.3. The Hall–Kier alpha value is -3.91. The van der Waals surface area contributed by atoms with Gasteiger partial charge in [-0.2, -0.15) is 15.2 Å². The molecule has 0 saturated carbocycles. The highest BCUT2D eigenvalue weighted by Gasteiger charge is 2.38. The van der Waals surface area contributed by atoms with Gasteiger partial charge in [-0.05, 0) is 57.4 Å². The highest BCUT2D eigenvalue weighted by molar-refractivity contribution is 6.36. The Morgan fingerprint density at radius 1 is 1.04 bits per heavy atom. The first kappa shape index (κ1) is 31.7. The second-order valence-corrected chi connectivity index (χ2v) is 13.9. The number of likely N-dealkylation sites (N-methyl/N-ethyl adjacent to an activating group) is 1. The number of ether oxygens (including phenoxy) is 1. The minimum Gasteiger partial charge on any atom is -0.462 e. The number of aromatic nitrogens is 2. The molecule has 0 unspecified atom stereocenters. The average Bonchev–Trinajstić information content (AvgIpc) is 3.48. The number of hydrogen-bond donors (Lipinski definition) is 0. The van der Waals surface area contributed by atoms with Crippen LogP contribution in [0.1, 0.15) is 30.5 Å². The van der Waals surface area contributed by atoms with E-state index in [0.717, 1.165) is 84.0 Å². The van der Waals surface area contributed by atoms with Gasteiger partial charge >= 0.3 is 6.01 Å². The van der Waals surface area contributed by atoms with Gasteiger partial charge in [-0.25, -0.2) is 0 Å². The van der Waals surface area contributed by atoms with Gasteiger partial charge in [0.2, 0.25) is 5.91 Å². The molecule has 47 heavy (non-hydrogen) atoms. The third kappa shape index (κ3) is 6.24. The second-order valence-electron chi connectivity index (χ2n) is 13.5. The molecule has 4 aliphatic rings. The van der Waals surface area contributed by atoms with Gasteiger partial charge in [-0.15, -0.1) is 0 Å². The molecule has 11 heteroatoms. The minimum absolute atomic E-state index is 0.0261. The summed E-state index contributed by atoms with van der Waals surface area (Å²) in [5, 5.41) is 12.7. The van der Waals surface area contributed by atoms with Crippen LogP contribution in [-0.2, 0) is 17.8 Å². The van der Waals surface area contributed by atoms with Crippen molar-refractivity contribution in [3.05, 3.63) is 64.8 Å². The van der Waals surface area contributed by atoms with Gasteiger partial charge in [0.15, 0.2) is 0 Å². The average molecular weight is 655 g/mol. The van der Waals surface area contributed by atoms with E-state index in [1.54, 1.807) is 0 Å². The van der Waals surface area contributed by atoms with Crippen molar-refractivity contribution >= 4 is 39.8 Å². The van der Waals surface area contributed by atoms with Crippen LogP contribution in [-0.4, -0.2) is 109 Å². The first-order valence-corrected chi connectivity index (χ1v) is 17.1. The van der Waals surface area contributed by atoms with Crippen molar-refractivity contribution in [1.82, 2.24) is 24.7 Å². The van der Waals surface area contributed by atoms with Gasteiger partial charge in [0.05, 0.1) is 35.8 Å². The molecule has 2 atom stereocenters. The molecular weight excluding hydrogens is 612 g/mol. The predicted molar refractivity (Wildman–Crippen MR) is 185 cm³/mol. The van der Waals surface area contributed by atoms with Crippen LogP contribution in [0.4, 0.5) is 11.5 Å². The molecular formula is C36H43ClN8O2. The smallest absolute Gasteiger partial charge is 0.318 e. The van der Waals surface area contributed by atoms with Crippen LogP contribution in [0.15, 0.2) is 48.6 Å². The van der Waals surface area contributed by atoms with Crippen LogP contribution in [0.5, 0.6) is 6.01 Å². The van der Waals surface area contributed by atoms with Crippen LogP contribution in [0.2, 0.25) is 5.02 Å². The lowest BCUT2D eigenvalue weighted by Crippen LogP contribution is -2.57. The van der Waals surface area contributed by atoms with Gasteiger partial charge in [0.1, 0.15) is 12.4 Å². The number of amides is 1. The van der Waals surface area contributed by atoms with Crippen molar-refractivity contribution in [3.8, 4) is 12.1 Å². The zero-order chi connectivity index (χ0) is 32.7. The van der Waals surface area contributed by atoms with Crippen LogP contribution in [0, 0.1) is 17.2 Å². The molecule has 0 N–H and O–H groups in total. The number of carbonyl (C=O) groups excluding carboxylic acids is 1. The summed E-state index contributed by atoms with van der Waals surface area (Å²) < 4.78 is 6.34. The summed E-state index contributed by atoms with van der Waals surface area (Å²) in [7, 11) is 4.19. The largest absolute Gasteiger partial charge is 0.462 e. The zero-order valence-corrected chi connectivity index (χ0v) is 28.1. The molecule has 3 saturated heterocycles. The molecule has 0 spiro atoms. The first-order valence-electron chi connectivity index (χ1n) is 16.8. The van der Waals surface area contributed by atoms with Gasteiger partial charge in [0, 0.05) is 73.4 Å². The lowest BCUT2D eigenvalue weighted by atomic mass is 9.91. The summed E-state index contributed by atoms with van der Waals surface area (Å²) >= 11 is 6.74. The number of anilines is 2. The quantitative estimate of drug-likeness (QED) is 0.329. The standard InChI is InChI=1S/C36H43ClN8O2/c1-24(26-19-41(2)20-26)35(46)45-18-17-44(21-27(45)12-14-38)34-29-13-16-43(32-11-5-8-25-7-4-10-30(37)33(25)32)22-31(29)39-36(40-34)47-23-28-9-6-15-42(28)3/h4-5,7-8,10-11,26-28H,1,6,9,12-13,15-23H2,2-3H3/t27-,28-/m0/s1. The molecule has 0 radical (unpaired) electrons. The van der Waals surface area contributed by atoms with E-state index in [2.05, 4.69) is 63.6 Å². The number of rotatable bonds is 8. The fraction of sp³-hybridized carbons (Fsp3) is 0.500. The maximum atomic E-state index is 13.6. The number of nitrogens with zero attached hydrogens (tertiary/aromatic N) is 8. The fourth-order valence-electron chi connectivity index (χ4n) is 7.69. The van der Waals surface area contributed by atoms with Crippen LogP contribution in [0.25, 0.3) is 10.8 Å². The molecule has 1 amide bonds. The molecule has 1 aromatic heterocycles. The summed E-state index contributed by atoms with van der Waals surface area (Å²) in [4.78, 5) is 34.6. The third-order valence-electron chi connectivity index (χ3n) is 10.5. The molecule has 2 aromatic carbocycles. The van der Waals surface area contributed by atoms with Crippen molar-refractivity contribution in [3.63, 3.8) is 0 Å². The summed E-state index contributed by atoms with van der Waals surface area (Å²) in [6.07, 6.45) is 3.26. The van der Waals surface area contributed by atoms with E-state index in [-0.39, 0.29) is 24.3 Å². The van der Waals surface area contributed by atoms with Gasteiger partial charge in [0.25, 0.3) is 0 Å². The molecule has 10 nitrogen and oxygen atoms in total. The maximum absolute atomic E-state index is 13.6. The van der Waals surface area contributed by atoms with E-state index in [4.69, 9.17) is 26.3 Å². The number of halogens is 1. The highest BCUT2D eigenvalue weighted by Crippen LogP contribution is 2.37. The summed E-state index contributed by atoms with van der Waals surface area (Å²) in [5.41, 5.74) is 3.79. The van der Waals surface area contributed by atoms with Crippen molar-refractivity contribution in [2.45, 2.75) is 44.3 Å². The maximum Gasteiger partial charge on any atom is 0.318 e. The summed E-state index contributed by atoms with van der Waals surface area (Å²) in [6.45, 7) is 10.5. The van der Waals surface area contributed by atoms with Crippen LogP contribution in [0.3, 0.4) is 0 Å². The Kier molecular flexibility index (Phi) is 8.97. The Bertz CT molecular complexity index is 1710. The van der Waals surface area contributed by atoms with E-state index < -0.39 is 0 Å². The fourth-order valence-corrected chi connectivity index (χ4v) is 7.97. The number of hydrogen-bond acceptors (Lipinski definition) is 9. The molecule has 3 aromatic rings. The van der Waals surface area contributed by atoms with Crippen molar-refractivity contribution in [2.75, 3.05) is 76.3 Å². The number of piperazine rings is 1. The van der Waals surface area contributed by atoms with Gasteiger partial charge in [-0.1, -0.05) is 42.4 Å². The van der Waals surface area contributed by atoms with E-state index in [1.807, 2.05) is 24.1 Å². The Balaban J connectivity index is 1.18. The molecule has 4 aliphatic heterocycles. The number of nitriles is 1. The van der Waals surface area contributed by atoms with E-state index >= 15 is 0 Å². The van der Waals surface area contributed by atoms with Gasteiger partial charge < -0.3 is 29.2 Å². The molecule has 246 valence electrons. The number of carbonyl (C=O) groups is 1.